The van der Waals surface area contributed by atoms with Crippen LogP contribution in [0.1, 0.15) is 21.7 Å². The molecule has 0 bridgehead atoms. The van der Waals surface area contributed by atoms with E-state index in [0.29, 0.717) is 33.9 Å². The van der Waals surface area contributed by atoms with Crippen molar-refractivity contribution in [3.05, 3.63) is 112 Å². The maximum Gasteiger partial charge on any atom is 0.339 e. The number of rotatable bonds is 8. The molecule has 0 aliphatic rings. The van der Waals surface area contributed by atoms with Gasteiger partial charge < -0.3 is 18.9 Å². The van der Waals surface area contributed by atoms with E-state index in [2.05, 4.69) is 5.32 Å². The van der Waals surface area contributed by atoms with E-state index in [9.17, 15) is 14.4 Å². The number of hydrogen-bond acceptors (Lipinski definition) is 7. The van der Waals surface area contributed by atoms with Gasteiger partial charge in [-0.15, -0.1) is 11.8 Å². The van der Waals surface area contributed by atoms with E-state index in [1.807, 2.05) is 30.3 Å². The molecule has 8 heteroatoms. The lowest BCUT2D eigenvalue weighted by atomic mass is 10.0. The van der Waals surface area contributed by atoms with Crippen LogP contribution >= 0.6 is 11.8 Å². The molecule has 36 heavy (non-hydrogen) atoms. The van der Waals surface area contributed by atoms with Crippen molar-refractivity contribution < 1.29 is 23.2 Å². The lowest BCUT2D eigenvalue weighted by Crippen LogP contribution is -2.24. The van der Waals surface area contributed by atoms with Gasteiger partial charge in [-0.2, -0.15) is 0 Å². The third-order valence-corrected chi connectivity index (χ3v) is 6.65. The molecule has 5 aromatic rings. The van der Waals surface area contributed by atoms with E-state index in [-0.39, 0.29) is 18.3 Å². The fraction of sp³-hybridized carbons (Fsp3) is 0.107. The first kappa shape index (κ1) is 23.4. The van der Waals surface area contributed by atoms with Crippen LogP contribution in [0.5, 0.6) is 0 Å². The first-order chi connectivity index (χ1) is 17.6. The van der Waals surface area contributed by atoms with Crippen molar-refractivity contribution in [2.75, 3.05) is 5.75 Å². The Labute approximate surface area is 210 Å². The molecule has 5 rings (SSSR count). The highest BCUT2D eigenvalue weighted by Crippen LogP contribution is 2.28. The van der Waals surface area contributed by atoms with Crippen LogP contribution in [0.15, 0.2) is 104 Å². The van der Waals surface area contributed by atoms with Gasteiger partial charge in [0.05, 0.1) is 24.1 Å². The number of furan rings is 1. The zero-order valence-electron chi connectivity index (χ0n) is 19.1. The molecule has 3 aromatic carbocycles. The van der Waals surface area contributed by atoms with Crippen molar-refractivity contribution in [3.8, 4) is 0 Å². The summed E-state index contributed by atoms with van der Waals surface area (Å²) in [6, 6.07) is 23.2. The Balaban J connectivity index is 1.30. The molecule has 0 aliphatic heterocycles. The molecule has 0 spiro atoms. The Morgan fingerprint density at radius 1 is 0.944 bits per heavy atom. The highest BCUT2D eigenvalue weighted by molar-refractivity contribution is 8.00. The van der Waals surface area contributed by atoms with Gasteiger partial charge in [-0.25, -0.2) is 9.59 Å². The van der Waals surface area contributed by atoms with Crippen LogP contribution in [0.2, 0.25) is 0 Å². The minimum Gasteiger partial charge on any atom is -0.467 e. The molecule has 0 saturated heterocycles. The van der Waals surface area contributed by atoms with E-state index in [0.717, 1.165) is 16.2 Å². The number of carbonyl (C=O) groups is 2. The summed E-state index contributed by atoms with van der Waals surface area (Å²) < 4.78 is 16.2. The standard InChI is InChI=1S/C28H21NO6S/c30-25(29-15-20-7-5-13-33-20)17-36-24-10-4-3-9-22(24)28(32)34-16-19-14-26(31)35-23-12-11-18-6-1-2-8-21(18)27(19)23/h1-14H,15-17H2,(H,29,30). The normalized spacial score (nSPS) is 11.0. The van der Waals surface area contributed by atoms with Gasteiger partial charge in [0.1, 0.15) is 18.0 Å². The summed E-state index contributed by atoms with van der Waals surface area (Å²) in [6.07, 6.45) is 1.55. The molecule has 0 saturated carbocycles. The van der Waals surface area contributed by atoms with Gasteiger partial charge in [-0.1, -0.05) is 42.5 Å². The van der Waals surface area contributed by atoms with Crippen LogP contribution < -0.4 is 10.9 Å². The fourth-order valence-corrected chi connectivity index (χ4v) is 4.78. The summed E-state index contributed by atoms with van der Waals surface area (Å²) in [4.78, 5) is 38.0. The van der Waals surface area contributed by atoms with Crippen LogP contribution in [-0.4, -0.2) is 17.6 Å². The Morgan fingerprint density at radius 2 is 1.78 bits per heavy atom. The van der Waals surface area contributed by atoms with E-state index in [1.54, 1.807) is 48.7 Å². The smallest absolute Gasteiger partial charge is 0.339 e. The third-order valence-electron chi connectivity index (χ3n) is 5.58. The zero-order chi connectivity index (χ0) is 24.9. The van der Waals surface area contributed by atoms with Crippen LogP contribution in [-0.2, 0) is 22.7 Å². The van der Waals surface area contributed by atoms with E-state index in [1.165, 1.54) is 17.8 Å². The second-order valence-corrected chi connectivity index (χ2v) is 8.98. The SMILES string of the molecule is O=C(CSc1ccccc1C(=O)OCc1cc(=O)oc2ccc3ccccc3c12)NCc1ccco1. The molecule has 1 N–H and O–H groups in total. The van der Waals surface area contributed by atoms with Crippen LogP contribution in [0.3, 0.4) is 0 Å². The molecule has 180 valence electrons. The summed E-state index contributed by atoms with van der Waals surface area (Å²) >= 11 is 1.24. The second-order valence-electron chi connectivity index (χ2n) is 7.97. The highest BCUT2D eigenvalue weighted by Gasteiger charge is 2.16. The average Bonchev–Trinajstić information content (AvgIpc) is 3.43. The zero-order valence-corrected chi connectivity index (χ0v) is 19.9. The molecule has 0 unspecified atom stereocenters. The molecule has 2 aromatic heterocycles. The number of thioether (sulfide) groups is 1. The monoisotopic (exact) mass is 499 g/mol. The molecular weight excluding hydrogens is 478 g/mol. The van der Waals surface area contributed by atoms with Gasteiger partial charge in [0.2, 0.25) is 5.91 Å². The molecule has 0 fully saturated rings. The van der Waals surface area contributed by atoms with Gasteiger partial charge in [0.15, 0.2) is 0 Å². The predicted molar refractivity (Wildman–Crippen MR) is 137 cm³/mol. The molecule has 0 radical (unpaired) electrons. The van der Waals surface area contributed by atoms with Crippen molar-refractivity contribution >= 4 is 45.4 Å². The summed E-state index contributed by atoms with van der Waals surface area (Å²) in [6.45, 7) is 0.196. The maximum absolute atomic E-state index is 13.0. The van der Waals surface area contributed by atoms with Gasteiger partial charge in [-0.05, 0) is 41.1 Å². The number of esters is 1. The highest BCUT2D eigenvalue weighted by atomic mass is 32.2. The Hall–Kier alpha value is -4.30. The first-order valence-corrected chi connectivity index (χ1v) is 12.2. The predicted octanol–water partition coefficient (Wildman–Crippen LogP) is 5.30. The minimum atomic E-state index is -0.546. The Bertz CT molecular complexity index is 1610. The van der Waals surface area contributed by atoms with Crippen molar-refractivity contribution in [3.63, 3.8) is 0 Å². The number of hydrogen-bond donors (Lipinski definition) is 1. The van der Waals surface area contributed by atoms with Gasteiger partial charge in [0.25, 0.3) is 0 Å². The summed E-state index contributed by atoms with van der Waals surface area (Å²) in [5.74, 6) is 0.0543. The molecule has 7 nitrogen and oxygen atoms in total. The summed E-state index contributed by atoms with van der Waals surface area (Å²) in [5.41, 5.74) is 0.830. The number of benzene rings is 3. The van der Waals surface area contributed by atoms with Gasteiger partial charge in [0, 0.05) is 21.9 Å². The maximum atomic E-state index is 13.0. The van der Waals surface area contributed by atoms with Crippen LogP contribution in [0, 0.1) is 0 Å². The van der Waals surface area contributed by atoms with Crippen molar-refractivity contribution in [2.45, 2.75) is 18.0 Å². The van der Waals surface area contributed by atoms with E-state index >= 15 is 0 Å². The van der Waals surface area contributed by atoms with Crippen molar-refractivity contribution in [1.29, 1.82) is 0 Å². The fourth-order valence-electron chi connectivity index (χ4n) is 3.91. The quantitative estimate of drug-likeness (QED) is 0.134. The molecule has 0 aliphatic carbocycles. The number of amides is 1. The van der Waals surface area contributed by atoms with Crippen molar-refractivity contribution in [1.82, 2.24) is 5.32 Å². The average molecular weight is 500 g/mol. The first-order valence-electron chi connectivity index (χ1n) is 11.2. The number of nitrogens with one attached hydrogen (secondary N) is 1. The number of fused-ring (bicyclic) bond motifs is 3. The second kappa shape index (κ2) is 10.5. The minimum absolute atomic E-state index is 0.0996. The molecule has 2 heterocycles. The van der Waals surface area contributed by atoms with Gasteiger partial charge in [-0.3, -0.25) is 4.79 Å². The molecule has 1 amide bonds. The topological polar surface area (TPSA) is 98.8 Å². The number of carbonyl (C=O) groups excluding carboxylic acids is 2. The summed E-state index contributed by atoms with van der Waals surface area (Å²) in [5, 5.41) is 5.40. The molecule has 0 atom stereocenters. The third kappa shape index (κ3) is 5.18. The summed E-state index contributed by atoms with van der Waals surface area (Å²) in [7, 11) is 0. The number of ether oxygens (including phenoxy) is 1. The molecular formula is C28H21NO6S. The lowest BCUT2D eigenvalue weighted by molar-refractivity contribution is -0.118. The Morgan fingerprint density at radius 3 is 2.64 bits per heavy atom. The van der Waals surface area contributed by atoms with Crippen molar-refractivity contribution in [2.24, 2.45) is 0 Å². The lowest BCUT2D eigenvalue weighted by Gasteiger charge is -2.11. The Kier molecular flexibility index (Phi) is 6.86. The van der Waals surface area contributed by atoms with E-state index in [4.69, 9.17) is 13.6 Å². The largest absolute Gasteiger partial charge is 0.467 e. The van der Waals surface area contributed by atoms with Crippen LogP contribution in [0.4, 0.5) is 0 Å². The van der Waals surface area contributed by atoms with Crippen LogP contribution in [0.25, 0.3) is 21.7 Å². The van der Waals surface area contributed by atoms with E-state index < -0.39 is 11.6 Å². The van der Waals surface area contributed by atoms with Gasteiger partial charge >= 0.3 is 11.6 Å².